The second-order valence-electron chi connectivity index (χ2n) is 5.77. The average molecular weight is 384 g/mol. The van der Waals surface area contributed by atoms with E-state index in [1.807, 2.05) is 25.2 Å². The van der Waals surface area contributed by atoms with Crippen LogP contribution < -0.4 is 10.6 Å². The summed E-state index contributed by atoms with van der Waals surface area (Å²) in [5, 5.41) is 6.19. The maximum absolute atomic E-state index is 12.2. The first kappa shape index (κ1) is 23.4. The minimum atomic E-state index is -0.0963. The summed E-state index contributed by atoms with van der Waals surface area (Å²) in [6, 6.07) is 14.1. The number of rotatable bonds is 8. The Morgan fingerprint density at radius 2 is 1.84 bits per heavy atom. The van der Waals surface area contributed by atoms with Crippen LogP contribution in [-0.2, 0) is 11.2 Å². The first-order valence-electron chi connectivity index (χ1n) is 8.09. The summed E-state index contributed by atoms with van der Waals surface area (Å²) < 4.78 is 0. The van der Waals surface area contributed by atoms with Gasteiger partial charge in [-0.2, -0.15) is 0 Å². The highest BCUT2D eigenvalue weighted by Crippen LogP contribution is 2.17. The van der Waals surface area contributed by atoms with Gasteiger partial charge >= 0.3 is 0 Å². The van der Waals surface area contributed by atoms with Gasteiger partial charge in [-0.1, -0.05) is 35.9 Å². The molecule has 1 heterocycles. The van der Waals surface area contributed by atoms with E-state index >= 15 is 0 Å². The highest BCUT2D eigenvalue weighted by Gasteiger charge is 2.16. The molecule has 25 heavy (non-hydrogen) atoms. The molecule has 0 aliphatic rings. The van der Waals surface area contributed by atoms with Crippen molar-refractivity contribution in [3.8, 4) is 0 Å². The van der Waals surface area contributed by atoms with Crippen LogP contribution in [0.25, 0.3) is 0 Å². The molecular weight excluding hydrogens is 357 g/mol. The van der Waals surface area contributed by atoms with Crippen molar-refractivity contribution < 1.29 is 4.79 Å². The molecule has 0 spiro atoms. The van der Waals surface area contributed by atoms with E-state index in [9.17, 15) is 4.79 Å². The number of halogens is 2. The van der Waals surface area contributed by atoms with Crippen LogP contribution in [0.15, 0.2) is 48.7 Å². The zero-order chi connectivity index (χ0) is 16.5. The normalized spacial score (nSPS) is 11.0. The van der Waals surface area contributed by atoms with Gasteiger partial charge in [0.15, 0.2) is 0 Å². The molecule has 0 aliphatic carbocycles. The Balaban J connectivity index is 0.00000288. The Bertz CT molecular complexity index is 606. The quantitative estimate of drug-likeness (QED) is 0.684. The number of hydrogen-bond donors (Lipinski definition) is 2. The Kier molecular flexibility index (Phi) is 11.9. The molecule has 2 rings (SSSR count). The lowest BCUT2D eigenvalue weighted by Crippen LogP contribution is -2.30. The lowest BCUT2D eigenvalue weighted by Gasteiger charge is -2.19. The highest BCUT2D eigenvalue weighted by atomic mass is 35.5. The number of aromatic nitrogens is 1. The van der Waals surface area contributed by atoms with Crippen molar-refractivity contribution in [2.45, 2.75) is 32.2 Å². The van der Waals surface area contributed by atoms with Crippen LogP contribution in [0.4, 0.5) is 0 Å². The molecular formula is C19H27Cl2N3O. The summed E-state index contributed by atoms with van der Waals surface area (Å²) in [6.07, 6.45) is 3.87. The molecule has 0 saturated carbocycles. The van der Waals surface area contributed by atoms with Crippen LogP contribution in [0.1, 0.15) is 35.7 Å². The topological polar surface area (TPSA) is 54.0 Å². The van der Waals surface area contributed by atoms with Crippen molar-refractivity contribution in [2.75, 3.05) is 13.6 Å². The third kappa shape index (κ3) is 8.34. The largest absolute Gasteiger partial charge is 0.347 e. The standard InChI is InChI=1S/C19H25N3O.2ClH/c1-15-8-10-16(11-9-15)14-18(17-6-3-4-13-21-17)22-19(23)7-5-12-20-2;;/h3-4,6,8-11,13,18,20H,5,7,12,14H2,1-2H3,(H,22,23);2*1H. The predicted octanol–water partition coefficient (Wildman–Crippen LogP) is 3.63. The maximum atomic E-state index is 12.2. The van der Waals surface area contributed by atoms with Crippen molar-refractivity contribution in [3.05, 3.63) is 65.5 Å². The van der Waals surface area contributed by atoms with Gasteiger partial charge in [-0.25, -0.2) is 0 Å². The summed E-state index contributed by atoms with van der Waals surface area (Å²) in [7, 11) is 1.89. The molecule has 4 nitrogen and oxygen atoms in total. The van der Waals surface area contributed by atoms with Crippen LogP contribution in [0.2, 0.25) is 0 Å². The number of nitrogens with one attached hydrogen (secondary N) is 2. The first-order valence-corrected chi connectivity index (χ1v) is 8.09. The molecule has 1 amide bonds. The molecule has 2 N–H and O–H groups in total. The van der Waals surface area contributed by atoms with E-state index < -0.39 is 0 Å². The van der Waals surface area contributed by atoms with Gasteiger partial charge in [-0.3, -0.25) is 9.78 Å². The number of hydrogen-bond acceptors (Lipinski definition) is 3. The summed E-state index contributed by atoms with van der Waals surface area (Å²) in [6.45, 7) is 2.92. The summed E-state index contributed by atoms with van der Waals surface area (Å²) >= 11 is 0. The molecule has 2 aromatic rings. The molecule has 138 valence electrons. The lowest BCUT2D eigenvalue weighted by atomic mass is 10.0. The van der Waals surface area contributed by atoms with Gasteiger partial charge < -0.3 is 10.6 Å². The second-order valence-corrected chi connectivity index (χ2v) is 5.77. The van der Waals surface area contributed by atoms with Crippen molar-refractivity contribution >= 4 is 30.7 Å². The molecule has 0 bridgehead atoms. The Morgan fingerprint density at radius 3 is 2.44 bits per heavy atom. The van der Waals surface area contributed by atoms with Crippen LogP contribution in [0, 0.1) is 6.92 Å². The fourth-order valence-electron chi connectivity index (χ4n) is 2.46. The number of amides is 1. The van der Waals surface area contributed by atoms with Crippen LogP contribution in [0.5, 0.6) is 0 Å². The number of carbonyl (C=O) groups excluding carboxylic acids is 1. The van der Waals surface area contributed by atoms with E-state index in [0.717, 1.165) is 25.1 Å². The van der Waals surface area contributed by atoms with Crippen LogP contribution in [0.3, 0.4) is 0 Å². The van der Waals surface area contributed by atoms with Gasteiger partial charge in [-0.15, -0.1) is 24.8 Å². The van der Waals surface area contributed by atoms with E-state index in [1.165, 1.54) is 11.1 Å². The highest BCUT2D eigenvalue weighted by molar-refractivity contribution is 5.85. The summed E-state index contributed by atoms with van der Waals surface area (Å²) in [4.78, 5) is 16.6. The van der Waals surface area contributed by atoms with Crippen molar-refractivity contribution in [2.24, 2.45) is 0 Å². The number of nitrogens with zero attached hydrogens (tertiary/aromatic N) is 1. The van der Waals surface area contributed by atoms with Gasteiger partial charge in [0.2, 0.25) is 5.91 Å². The molecule has 1 aromatic heterocycles. The number of aryl methyl sites for hydroxylation is 1. The molecule has 0 fully saturated rings. The Labute approximate surface area is 162 Å². The van der Waals surface area contributed by atoms with Crippen LogP contribution >= 0.6 is 24.8 Å². The average Bonchev–Trinajstić information content (AvgIpc) is 2.57. The minimum Gasteiger partial charge on any atom is -0.347 e. The van der Waals surface area contributed by atoms with E-state index in [0.29, 0.717) is 6.42 Å². The molecule has 1 atom stereocenters. The molecule has 0 aliphatic heterocycles. The van der Waals surface area contributed by atoms with Gasteiger partial charge in [0.1, 0.15) is 0 Å². The molecule has 0 radical (unpaired) electrons. The van der Waals surface area contributed by atoms with Gasteiger partial charge in [0, 0.05) is 12.6 Å². The lowest BCUT2D eigenvalue weighted by molar-refractivity contribution is -0.121. The van der Waals surface area contributed by atoms with E-state index in [2.05, 4.69) is 46.8 Å². The predicted molar refractivity (Wildman–Crippen MR) is 108 cm³/mol. The van der Waals surface area contributed by atoms with Gasteiger partial charge in [0.05, 0.1) is 11.7 Å². The summed E-state index contributed by atoms with van der Waals surface area (Å²) in [5.74, 6) is 0.0722. The number of pyridine rings is 1. The molecule has 1 unspecified atom stereocenters. The van der Waals surface area contributed by atoms with Gasteiger partial charge in [-0.05, 0) is 51.1 Å². The third-order valence-electron chi connectivity index (χ3n) is 3.77. The number of benzene rings is 1. The van der Waals surface area contributed by atoms with Crippen LogP contribution in [-0.4, -0.2) is 24.5 Å². The minimum absolute atomic E-state index is 0. The SMILES string of the molecule is CNCCCC(=O)NC(Cc1ccc(C)cc1)c1ccccn1.Cl.Cl. The molecule has 6 heteroatoms. The monoisotopic (exact) mass is 383 g/mol. The fourth-order valence-corrected chi connectivity index (χ4v) is 2.46. The number of carbonyl (C=O) groups is 1. The molecule has 1 aromatic carbocycles. The van der Waals surface area contributed by atoms with Crippen molar-refractivity contribution in [3.63, 3.8) is 0 Å². The van der Waals surface area contributed by atoms with E-state index in [1.54, 1.807) is 6.20 Å². The van der Waals surface area contributed by atoms with E-state index in [4.69, 9.17) is 0 Å². The zero-order valence-electron chi connectivity index (χ0n) is 14.7. The Morgan fingerprint density at radius 1 is 1.12 bits per heavy atom. The van der Waals surface area contributed by atoms with Crippen molar-refractivity contribution in [1.29, 1.82) is 0 Å². The maximum Gasteiger partial charge on any atom is 0.220 e. The molecule has 0 saturated heterocycles. The summed E-state index contributed by atoms with van der Waals surface area (Å²) in [5.41, 5.74) is 3.33. The first-order chi connectivity index (χ1) is 11.2. The third-order valence-corrected chi connectivity index (χ3v) is 3.77. The zero-order valence-corrected chi connectivity index (χ0v) is 16.3. The Hall–Kier alpha value is -1.62. The van der Waals surface area contributed by atoms with Gasteiger partial charge in [0.25, 0.3) is 0 Å². The van der Waals surface area contributed by atoms with Crippen molar-refractivity contribution in [1.82, 2.24) is 15.6 Å². The fraction of sp³-hybridized carbons (Fsp3) is 0.368. The second kappa shape index (κ2) is 12.7. The smallest absolute Gasteiger partial charge is 0.220 e. The van der Waals surface area contributed by atoms with E-state index in [-0.39, 0.29) is 36.8 Å².